The van der Waals surface area contributed by atoms with Crippen molar-refractivity contribution in [2.75, 3.05) is 0 Å². The number of aliphatic hydroxyl groups is 5. The number of hydrogen-bond donors (Lipinski definition) is 5. The second kappa shape index (κ2) is 6.15. The molecule has 1 aliphatic rings. The van der Waals surface area contributed by atoms with Crippen LogP contribution in [-0.2, 0) is 0 Å². The molecule has 2 aromatic rings. The van der Waals surface area contributed by atoms with E-state index in [1.165, 1.54) is 12.1 Å². The Morgan fingerprint density at radius 3 is 2.12 bits per heavy atom. The minimum absolute atomic E-state index is 0.162. The molecule has 0 spiro atoms. The van der Waals surface area contributed by atoms with Crippen molar-refractivity contribution < 1.29 is 34.7 Å². The summed E-state index contributed by atoms with van der Waals surface area (Å²) < 4.78 is 10.5. The minimum Gasteiger partial charge on any atom is -0.485 e. The van der Waals surface area contributed by atoms with Gasteiger partial charge in [-0.2, -0.15) is 0 Å². The van der Waals surface area contributed by atoms with E-state index >= 15 is 0 Å². The third-order valence-electron chi connectivity index (χ3n) is 4.27. The molecule has 0 amide bonds. The molecule has 5 N–H and O–H groups in total. The van der Waals surface area contributed by atoms with Crippen molar-refractivity contribution in [1.29, 1.82) is 0 Å². The lowest BCUT2D eigenvalue weighted by atomic mass is 9.85. The number of aryl methyl sites for hydroxylation is 1. The molecule has 1 aromatic heterocycles. The lowest BCUT2D eigenvalue weighted by molar-refractivity contribution is -0.216. The summed E-state index contributed by atoms with van der Waals surface area (Å²) in [6.07, 6.45) is -9.63. The lowest BCUT2D eigenvalue weighted by Gasteiger charge is -2.41. The Hall–Kier alpha value is -1.97. The van der Waals surface area contributed by atoms with Gasteiger partial charge >= 0.3 is 5.63 Å². The van der Waals surface area contributed by atoms with Crippen molar-refractivity contribution in [1.82, 2.24) is 0 Å². The van der Waals surface area contributed by atoms with Gasteiger partial charge < -0.3 is 34.7 Å². The highest BCUT2D eigenvalue weighted by molar-refractivity contribution is 5.81. The largest absolute Gasteiger partial charge is 0.485 e. The quantitative estimate of drug-likeness (QED) is 0.424. The Balaban J connectivity index is 1.92. The summed E-state index contributed by atoms with van der Waals surface area (Å²) in [5, 5.41) is 49.6. The minimum atomic E-state index is -1.69. The molecule has 1 aliphatic carbocycles. The maximum atomic E-state index is 11.5. The van der Waals surface area contributed by atoms with Gasteiger partial charge in [0, 0.05) is 17.5 Å². The van der Waals surface area contributed by atoms with Crippen LogP contribution in [0.2, 0.25) is 0 Å². The Labute approximate surface area is 136 Å². The van der Waals surface area contributed by atoms with Crippen LogP contribution in [0.25, 0.3) is 11.0 Å². The summed E-state index contributed by atoms with van der Waals surface area (Å²) in [5.74, 6) is 0.162. The zero-order chi connectivity index (χ0) is 17.6. The average Bonchev–Trinajstić information content (AvgIpc) is 2.54. The zero-order valence-corrected chi connectivity index (χ0v) is 12.7. The molecular formula is C16H18O8. The van der Waals surface area contributed by atoms with Gasteiger partial charge in [0.05, 0.1) is 0 Å². The van der Waals surface area contributed by atoms with E-state index in [4.69, 9.17) is 9.15 Å². The van der Waals surface area contributed by atoms with Gasteiger partial charge in [-0.1, -0.05) is 0 Å². The van der Waals surface area contributed by atoms with Crippen molar-refractivity contribution in [3.63, 3.8) is 0 Å². The molecule has 4 atom stereocenters. The van der Waals surface area contributed by atoms with Gasteiger partial charge in [-0.15, -0.1) is 0 Å². The SMILES string of the molecule is Cc1cc(=O)oc2cc(OC3C(O)C(O)C(O)C(O)C3O)ccc12. The second-order valence-corrected chi connectivity index (χ2v) is 5.94. The van der Waals surface area contributed by atoms with Crippen LogP contribution in [0.5, 0.6) is 5.75 Å². The molecule has 3 rings (SSSR count). The Kier molecular flexibility index (Phi) is 4.33. The molecule has 0 saturated heterocycles. The highest BCUT2D eigenvalue weighted by atomic mass is 16.5. The van der Waals surface area contributed by atoms with E-state index in [1.807, 2.05) is 0 Å². The van der Waals surface area contributed by atoms with E-state index in [0.29, 0.717) is 5.39 Å². The summed E-state index contributed by atoms with van der Waals surface area (Å²) in [7, 11) is 0. The van der Waals surface area contributed by atoms with Crippen LogP contribution in [0.1, 0.15) is 5.56 Å². The van der Waals surface area contributed by atoms with Crippen LogP contribution < -0.4 is 10.4 Å². The smallest absolute Gasteiger partial charge is 0.336 e. The van der Waals surface area contributed by atoms with Crippen molar-refractivity contribution >= 4 is 11.0 Å². The summed E-state index contributed by atoms with van der Waals surface area (Å²) >= 11 is 0. The zero-order valence-electron chi connectivity index (χ0n) is 12.7. The summed E-state index contributed by atoms with van der Waals surface area (Å²) in [5.41, 5.74) is 0.460. The molecule has 0 bridgehead atoms. The van der Waals surface area contributed by atoms with Gasteiger partial charge in [0.25, 0.3) is 0 Å². The van der Waals surface area contributed by atoms with Crippen LogP contribution in [-0.4, -0.2) is 62.2 Å². The molecule has 1 saturated carbocycles. The molecule has 8 heteroatoms. The first-order chi connectivity index (χ1) is 11.3. The molecule has 1 aromatic carbocycles. The van der Waals surface area contributed by atoms with E-state index in [9.17, 15) is 30.3 Å². The van der Waals surface area contributed by atoms with Crippen LogP contribution in [0.15, 0.2) is 33.5 Å². The fraction of sp³-hybridized carbons (Fsp3) is 0.438. The topological polar surface area (TPSA) is 141 Å². The highest BCUT2D eigenvalue weighted by Gasteiger charge is 2.49. The van der Waals surface area contributed by atoms with Crippen LogP contribution >= 0.6 is 0 Å². The van der Waals surface area contributed by atoms with Gasteiger partial charge in [0.2, 0.25) is 0 Å². The number of fused-ring (bicyclic) bond motifs is 1. The normalized spacial score (nSPS) is 33.6. The van der Waals surface area contributed by atoms with E-state index in [-0.39, 0.29) is 11.3 Å². The van der Waals surface area contributed by atoms with Crippen LogP contribution in [0.3, 0.4) is 0 Å². The average molecular weight is 338 g/mol. The monoisotopic (exact) mass is 338 g/mol. The fourth-order valence-corrected chi connectivity index (χ4v) is 2.87. The predicted octanol–water partition coefficient (Wildman–Crippen LogP) is -1.33. The standard InChI is InChI=1S/C16H18O8/c1-6-4-10(17)24-9-5-7(2-3-8(6)9)23-16-14(21)12(19)11(18)13(20)15(16)22/h2-5,11-16,18-22H,1H3. The van der Waals surface area contributed by atoms with Crippen LogP contribution in [0.4, 0.5) is 0 Å². The van der Waals surface area contributed by atoms with Gasteiger partial charge in [-0.05, 0) is 24.6 Å². The van der Waals surface area contributed by atoms with Crippen LogP contribution in [0, 0.1) is 6.92 Å². The van der Waals surface area contributed by atoms with Crippen molar-refractivity contribution in [3.8, 4) is 5.75 Å². The number of aliphatic hydroxyl groups excluding tert-OH is 5. The summed E-state index contributed by atoms with van der Waals surface area (Å²) in [6, 6.07) is 5.95. The van der Waals surface area contributed by atoms with E-state index < -0.39 is 42.2 Å². The predicted molar refractivity (Wildman–Crippen MR) is 81.7 cm³/mol. The summed E-state index contributed by atoms with van der Waals surface area (Å²) in [6.45, 7) is 1.75. The molecule has 0 aliphatic heterocycles. The first kappa shape index (κ1) is 16.9. The molecule has 4 unspecified atom stereocenters. The fourth-order valence-electron chi connectivity index (χ4n) is 2.87. The molecule has 130 valence electrons. The van der Waals surface area contributed by atoms with Crippen molar-refractivity contribution in [2.45, 2.75) is 43.5 Å². The van der Waals surface area contributed by atoms with E-state index in [1.54, 1.807) is 19.1 Å². The molecular weight excluding hydrogens is 320 g/mol. The number of benzene rings is 1. The van der Waals surface area contributed by atoms with Crippen molar-refractivity contribution in [3.05, 3.63) is 40.2 Å². The molecule has 1 heterocycles. The second-order valence-electron chi connectivity index (χ2n) is 5.94. The summed E-state index contributed by atoms with van der Waals surface area (Å²) in [4.78, 5) is 11.5. The van der Waals surface area contributed by atoms with E-state index in [2.05, 4.69) is 0 Å². The first-order valence-electron chi connectivity index (χ1n) is 7.41. The highest BCUT2D eigenvalue weighted by Crippen LogP contribution is 2.28. The number of rotatable bonds is 2. The van der Waals surface area contributed by atoms with Gasteiger partial charge in [0.1, 0.15) is 41.9 Å². The van der Waals surface area contributed by atoms with E-state index in [0.717, 1.165) is 5.56 Å². The third-order valence-corrected chi connectivity index (χ3v) is 4.27. The maximum absolute atomic E-state index is 11.5. The first-order valence-corrected chi connectivity index (χ1v) is 7.41. The maximum Gasteiger partial charge on any atom is 0.336 e. The Bertz CT molecular complexity index is 784. The van der Waals surface area contributed by atoms with Gasteiger partial charge in [-0.25, -0.2) is 4.79 Å². The number of ether oxygens (including phenoxy) is 1. The van der Waals surface area contributed by atoms with Gasteiger partial charge in [0.15, 0.2) is 6.10 Å². The van der Waals surface area contributed by atoms with Crippen molar-refractivity contribution in [2.24, 2.45) is 0 Å². The molecule has 8 nitrogen and oxygen atoms in total. The lowest BCUT2D eigenvalue weighted by Crippen LogP contribution is -2.65. The molecule has 0 radical (unpaired) electrons. The Morgan fingerprint density at radius 1 is 0.917 bits per heavy atom. The van der Waals surface area contributed by atoms with Gasteiger partial charge in [-0.3, -0.25) is 0 Å². The molecule has 1 fully saturated rings. The Morgan fingerprint density at radius 2 is 1.50 bits per heavy atom. The molecule has 24 heavy (non-hydrogen) atoms. The number of hydrogen-bond acceptors (Lipinski definition) is 8. The third kappa shape index (κ3) is 2.79.